The highest BCUT2D eigenvalue weighted by Gasteiger charge is 2.00. The Morgan fingerprint density at radius 1 is 1.80 bits per heavy atom. The van der Waals surface area contributed by atoms with Crippen molar-refractivity contribution in [2.45, 2.75) is 6.92 Å². The first-order chi connectivity index (χ1) is 4.79. The van der Waals surface area contributed by atoms with Crippen LogP contribution < -0.4 is 5.73 Å². The van der Waals surface area contributed by atoms with Gasteiger partial charge in [-0.2, -0.15) is 0 Å². The Labute approximate surface area is 60.6 Å². The van der Waals surface area contributed by atoms with Gasteiger partial charge in [-0.15, -0.1) is 0 Å². The average molecular weight is 140 g/mol. The highest BCUT2D eigenvalue weighted by molar-refractivity contribution is 5.96. The fraction of sp³-hybridized carbons (Fsp3) is 0.571. The van der Waals surface area contributed by atoms with Crippen LogP contribution in [-0.4, -0.2) is 25.5 Å². The Morgan fingerprint density at radius 3 is 3.10 bits per heavy atom. The van der Waals surface area contributed by atoms with E-state index in [0.717, 1.165) is 24.6 Å². The fourth-order valence-corrected chi connectivity index (χ4v) is 0.826. The maximum absolute atomic E-state index is 5.45. The van der Waals surface area contributed by atoms with Crippen molar-refractivity contribution >= 4 is 5.71 Å². The highest BCUT2D eigenvalue weighted by atomic mass is 16.5. The van der Waals surface area contributed by atoms with Crippen molar-refractivity contribution in [1.29, 1.82) is 0 Å². The lowest BCUT2D eigenvalue weighted by Gasteiger charge is -2.09. The molecule has 0 aromatic heterocycles. The van der Waals surface area contributed by atoms with E-state index in [1.54, 1.807) is 0 Å². The van der Waals surface area contributed by atoms with Crippen LogP contribution in [0.25, 0.3) is 0 Å². The summed E-state index contributed by atoms with van der Waals surface area (Å²) >= 11 is 0. The maximum atomic E-state index is 5.45. The normalized spacial score (nSPS) is 20.5. The minimum Gasteiger partial charge on any atom is -0.402 e. The van der Waals surface area contributed by atoms with E-state index in [-0.39, 0.29) is 0 Å². The van der Waals surface area contributed by atoms with E-state index in [0.29, 0.717) is 6.61 Å². The molecule has 0 saturated carbocycles. The van der Waals surface area contributed by atoms with Crippen molar-refractivity contribution in [3.05, 3.63) is 11.8 Å². The number of hydrogen-bond donors (Lipinski definition) is 1. The Balaban J connectivity index is 2.54. The summed E-state index contributed by atoms with van der Waals surface area (Å²) in [6.07, 6.45) is 1.85. The lowest BCUT2D eigenvalue weighted by Crippen LogP contribution is -2.16. The summed E-state index contributed by atoms with van der Waals surface area (Å²) in [5.41, 5.74) is 7.18. The van der Waals surface area contributed by atoms with Gasteiger partial charge in [-0.25, -0.2) is 0 Å². The summed E-state index contributed by atoms with van der Waals surface area (Å²) in [7, 11) is 0. The maximum Gasteiger partial charge on any atom is 0.0885 e. The zero-order valence-corrected chi connectivity index (χ0v) is 6.13. The molecular weight excluding hydrogens is 128 g/mol. The van der Waals surface area contributed by atoms with E-state index in [9.17, 15) is 0 Å². The van der Waals surface area contributed by atoms with E-state index in [1.165, 1.54) is 0 Å². The van der Waals surface area contributed by atoms with Gasteiger partial charge in [-0.3, -0.25) is 4.99 Å². The Kier molecular flexibility index (Phi) is 2.45. The first kappa shape index (κ1) is 7.28. The van der Waals surface area contributed by atoms with Crippen LogP contribution in [0.4, 0.5) is 0 Å². The summed E-state index contributed by atoms with van der Waals surface area (Å²) < 4.78 is 5.15. The van der Waals surface area contributed by atoms with Gasteiger partial charge in [0, 0.05) is 5.70 Å². The summed E-state index contributed by atoms with van der Waals surface area (Å²) in [5.74, 6) is 0. The molecule has 0 unspecified atom stereocenters. The van der Waals surface area contributed by atoms with E-state index in [1.807, 2.05) is 13.0 Å². The molecule has 0 amide bonds. The van der Waals surface area contributed by atoms with Crippen molar-refractivity contribution < 1.29 is 4.74 Å². The predicted molar refractivity (Wildman–Crippen MR) is 41.1 cm³/mol. The standard InChI is InChI=1S/C7H12N2O/c1-6(8)4-7-5-10-3-2-9-7/h4H,2-3,5,8H2,1H3/b6-4-. The second kappa shape index (κ2) is 3.37. The molecule has 0 aliphatic carbocycles. The van der Waals surface area contributed by atoms with Crippen LogP contribution in [0.15, 0.2) is 16.8 Å². The number of allylic oxidation sites excluding steroid dienone is 1. The molecule has 1 rings (SSSR count). The summed E-state index contributed by atoms with van der Waals surface area (Å²) in [6, 6.07) is 0. The van der Waals surface area contributed by atoms with Crippen LogP contribution in [-0.2, 0) is 4.74 Å². The predicted octanol–water partition coefficient (Wildman–Crippen LogP) is 0.320. The highest BCUT2D eigenvalue weighted by Crippen LogP contribution is 1.94. The molecule has 0 bridgehead atoms. The smallest absolute Gasteiger partial charge is 0.0885 e. The topological polar surface area (TPSA) is 47.6 Å². The second-order valence-electron chi connectivity index (χ2n) is 2.31. The van der Waals surface area contributed by atoms with E-state index < -0.39 is 0 Å². The molecule has 10 heavy (non-hydrogen) atoms. The Bertz CT molecular complexity index is 168. The van der Waals surface area contributed by atoms with Crippen LogP contribution in [0.3, 0.4) is 0 Å². The fourth-order valence-electron chi connectivity index (χ4n) is 0.826. The third kappa shape index (κ3) is 2.19. The SMILES string of the molecule is C/C(N)=C/C1=NCCOC1. The summed E-state index contributed by atoms with van der Waals surface area (Å²) in [5, 5.41) is 0. The molecule has 1 aliphatic heterocycles. The molecule has 3 nitrogen and oxygen atoms in total. The molecule has 0 atom stereocenters. The van der Waals surface area contributed by atoms with Crippen LogP contribution in [0, 0.1) is 0 Å². The number of aliphatic imine (C=N–C) groups is 1. The van der Waals surface area contributed by atoms with Gasteiger partial charge in [0.1, 0.15) is 0 Å². The molecule has 0 spiro atoms. The lowest BCUT2D eigenvalue weighted by atomic mass is 10.3. The number of nitrogens with two attached hydrogens (primary N) is 1. The van der Waals surface area contributed by atoms with Crippen molar-refractivity contribution in [3.63, 3.8) is 0 Å². The van der Waals surface area contributed by atoms with Gasteiger partial charge in [-0.05, 0) is 13.0 Å². The van der Waals surface area contributed by atoms with Gasteiger partial charge in [0.05, 0.1) is 25.5 Å². The number of ether oxygens (including phenoxy) is 1. The number of rotatable bonds is 1. The third-order valence-corrected chi connectivity index (χ3v) is 1.19. The van der Waals surface area contributed by atoms with E-state index >= 15 is 0 Å². The molecule has 0 radical (unpaired) electrons. The molecule has 3 heteroatoms. The van der Waals surface area contributed by atoms with Crippen LogP contribution in [0.2, 0.25) is 0 Å². The van der Waals surface area contributed by atoms with Crippen LogP contribution in [0.5, 0.6) is 0 Å². The number of nitrogens with zero attached hydrogens (tertiary/aromatic N) is 1. The molecular formula is C7H12N2O. The van der Waals surface area contributed by atoms with E-state index in [4.69, 9.17) is 10.5 Å². The number of hydrogen-bond acceptors (Lipinski definition) is 3. The van der Waals surface area contributed by atoms with Gasteiger partial charge in [0.25, 0.3) is 0 Å². The summed E-state index contributed by atoms with van der Waals surface area (Å²) in [4.78, 5) is 4.20. The average Bonchev–Trinajstić information content (AvgIpc) is 1.88. The summed E-state index contributed by atoms with van der Waals surface area (Å²) in [6.45, 7) is 3.95. The molecule has 56 valence electrons. The van der Waals surface area contributed by atoms with Crippen LogP contribution >= 0.6 is 0 Å². The third-order valence-electron chi connectivity index (χ3n) is 1.19. The van der Waals surface area contributed by atoms with Gasteiger partial charge in [-0.1, -0.05) is 0 Å². The molecule has 0 saturated heterocycles. The first-order valence-corrected chi connectivity index (χ1v) is 3.34. The zero-order valence-electron chi connectivity index (χ0n) is 6.13. The lowest BCUT2D eigenvalue weighted by molar-refractivity contribution is 0.171. The van der Waals surface area contributed by atoms with Crippen LogP contribution in [0.1, 0.15) is 6.92 Å². The molecule has 1 heterocycles. The first-order valence-electron chi connectivity index (χ1n) is 3.34. The second-order valence-corrected chi connectivity index (χ2v) is 2.31. The van der Waals surface area contributed by atoms with Gasteiger partial charge < -0.3 is 10.5 Å². The van der Waals surface area contributed by atoms with Crippen molar-refractivity contribution in [1.82, 2.24) is 0 Å². The monoisotopic (exact) mass is 140 g/mol. The molecule has 0 aromatic carbocycles. The van der Waals surface area contributed by atoms with Crippen molar-refractivity contribution in [2.24, 2.45) is 10.7 Å². The molecule has 0 aromatic rings. The molecule has 2 N–H and O–H groups in total. The van der Waals surface area contributed by atoms with Gasteiger partial charge >= 0.3 is 0 Å². The molecule has 1 aliphatic rings. The zero-order chi connectivity index (χ0) is 7.40. The minimum absolute atomic E-state index is 0.606. The largest absolute Gasteiger partial charge is 0.402 e. The van der Waals surface area contributed by atoms with Crippen molar-refractivity contribution in [2.75, 3.05) is 19.8 Å². The van der Waals surface area contributed by atoms with Gasteiger partial charge in [0.2, 0.25) is 0 Å². The van der Waals surface area contributed by atoms with Crippen molar-refractivity contribution in [3.8, 4) is 0 Å². The quantitative estimate of drug-likeness (QED) is 0.570. The molecule has 0 fully saturated rings. The minimum atomic E-state index is 0.606. The Morgan fingerprint density at radius 2 is 2.60 bits per heavy atom. The van der Waals surface area contributed by atoms with Gasteiger partial charge in [0.15, 0.2) is 0 Å². The van der Waals surface area contributed by atoms with E-state index in [2.05, 4.69) is 4.99 Å². The Hall–Kier alpha value is -0.830.